The lowest BCUT2D eigenvalue weighted by atomic mass is 10.1. The Morgan fingerprint density at radius 1 is 1.29 bits per heavy atom. The van der Waals surface area contributed by atoms with Crippen molar-refractivity contribution in [1.82, 2.24) is 0 Å². The maximum Gasteiger partial charge on any atom is 0.176 e. The fourth-order valence-electron chi connectivity index (χ4n) is 2.37. The van der Waals surface area contributed by atoms with E-state index in [1.807, 2.05) is 6.92 Å². The summed E-state index contributed by atoms with van der Waals surface area (Å²) in [5.74, 6) is 0.693. The van der Waals surface area contributed by atoms with Gasteiger partial charge in [0.1, 0.15) is 5.00 Å². The van der Waals surface area contributed by atoms with E-state index in [0.717, 1.165) is 24.3 Å². The number of nitrogen functional groups attached to an aromatic ring is 1. The third-order valence-corrected chi connectivity index (χ3v) is 4.72. The molecule has 0 saturated heterocycles. The van der Waals surface area contributed by atoms with Gasteiger partial charge in [0.05, 0.1) is 17.7 Å². The summed E-state index contributed by atoms with van der Waals surface area (Å²) in [5, 5.41) is 4.43. The molecule has 1 atom stereocenters. The summed E-state index contributed by atoms with van der Waals surface area (Å²) < 4.78 is 5.41. The number of ketones is 1. The molecule has 1 unspecified atom stereocenters. The van der Waals surface area contributed by atoms with Gasteiger partial charge in [-0.05, 0) is 12.8 Å². The molecule has 1 aromatic rings. The van der Waals surface area contributed by atoms with Crippen LogP contribution in [0.2, 0.25) is 0 Å². The molecule has 0 aliphatic rings. The molecular formula is C16H28N2O2S. The number of hydrogen-bond acceptors (Lipinski definition) is 5. The summed E-state index contributed by atoms with van der Waals surface area (Å²) in [6.07, 6.45) is 6.21. The standard InChI is InChI=1S/C16H28N2O2S/c1-5-8-10-11(9-6-2)18-16-14(20-4)13(17)15(21-16)12(19)7-3/h11,18H,5-10,17H2,1-4H3. The average Bonchev–Trinajstić information content (AvgIpc) is 2.80. The lowest BCUT2D eigenvalue weighted by Gasteiger charge is -2.18. The zero-order valence-corrected chi connectivity index (χ0v) is 14.4. The molecule has 1 aromatic heterocycles. The quantitative estimate of drug-likeness (QED) is 0.614. The van der Waals surface area contributed by atoms with Gasteiger partial charge in [0.2, 0.25) is 0 Å². The molecule has 3 N–H and O–H groups in total. The molecule has 0 fully saturated rings. The molecule has 4 nitrogen and oxygen atoms in total. The molecule has 0 aliphatic heterocycles. The van der Waals surface area contributed by atoms with Gasteiger partial charge in [-0.2, -0.15) is 0 Å². The molecule has 0 saturated carbocycles. The molecule has 0 aliphatic carbocycles. The predicted molar refractivity (Wildman–Crippen MR) is 91.7 cm³/mol. The van der Waals surface area contributed by atoms with Gasteiger partial charge in [-0.25, -0.2) is 0 Å². The first-order chi connectivity index (χ1) is 10.1. The fourth-order valence-corrected chi connectivity index (χ4v) is 3.54. The number of carbonyl (C=O) groups excluding carboxylic acids is 1. The normalized spacial score (nSPS) is 12.2. The van der Waals surface area contributed by atoms with E-state index in [-0.39, 0.29) is 5.78 Å². The Bertz CT molecular complexity index is 457. The number of carbonyl (C=O) groups is 1. The summed E-state index contributed by atoms with van der Waals surface area (Å²) in [5.41, 5.74) is 6.54. The minimum atomic E-state index is 0.0736. The van der Waals surface area contributed by atoms with Crippen molar-refractivity contribution < 1.29 is 9.53 Å². The van der Waals surface area contributed by atoms with E-state index in [0.29, 0.717) is 28.8 Å². The van der Waals surface area contributed by atoms with Gasteiger partial charge < -0.3 is 15.8 Å². The van der Waals surface area contributed by atoms with Crippen molar-refractivity contribution >= 4 is 27.8 Å². The van der Waals surface area contributed by atoms with Crippen molar-refractivity contribution in [2.45, 2.75) is 65.3 Å². The number of thiophene rings is 1. The van der Waals surface area contributed by atoms with Crippen LogP contribution in [0.5, 0.6) is 5.75 Å². The lowest BCUT2D eigenvalue weighted by Crippen LogP contribution is -2.18. The van der Waals surface area contributed by atoms with Crippen LogP contribution in [0.1, 0.15) is 69.0 Å². The number of Topliss-reactive ketones (excluding diaryl/α,β-unsaturated/α-hetero) is 1. The van der Waals surface area contributed by atoms with E-state index < -0.39 is 0 Å². The minimum absolute atomic E-state index is 0.0736. The molecule has 21 heavy (non-hydrogen) atoms. The van der Waals surface area contributed by atoms with E-state index in [1.165, 1.54) is 24.2 Å². The Hall–Kier alpha value is -1.23. The van der Waals surface area contributed by atoms with Crippen molar-refractivity contribution in [1.29, 1.82) is 0 Å². The predicted octanol–water partition coefficient (Wildman–Crippen LogP) is 4.70. The maximum absolute atomic E-state index is 11.9. The molecular weight excluding hydrogens is 284 g/mol. The highest BCUT2D eigenvalue weighted by Crippen LogP contribution is 2.43. The fraction of sp³-hybridized carbons (Fsp3) is 0.688. The van der Waals surface area contributed by atoms with Crippen molar-refractivity contribution in [3.05, 3.63) is 4.88 Å². The molecule has 1 heterocycles. The zero-order chi connectivity index (χ0) is 15.8. The molecule has 0 bridgehead atoms. The number of nitrogens with two attached hydrogens (primary N) is 1. The number of methoxy groups -OCH3 is 1. The maximum atomic E-state index is 11.9. The Labute approximate surface area is 132 Å². The third kappa shape index (κ3) is 4.63. The number of hydrogen-bond donors (Lipinski definition) is 2. The SMILES string of the molecule is CCCCC(CCC)Nc1sc(C(=O)CC)c(N)c1OC. The number of ether oxygens (including phenoxy) is 1. The van der Waals surface area contributed by atoms with Gasteiger partial charge in [0.15, 0.2) is 11.5 Å². The largest absolute Gasteiger partial charge is 0.492 e. The monoisotopic (exact) mass is 312 g/mol. The summed E-state index contributed by atoms with van der Waals surface area (Å²) in [7, 11) is 1.60. The Kier molecular flexibility index (Phi) is 7.57. The van der Waals surface area contributed by atoms with Crippen LogP contribution in [0.25, 0.3) is 0 Å². The Balaban J connectivity index is 2.96. The summed E-state index contributed by atoms with van der Waals surface area (Å²) in [4.78, 5) is 12.6. The van der Waals surface area contributed by atoms with Gasteiger partial charge >= 0.3 is 0 Å². The van der Waals surface area contributed by atoms with Crippen LogP contribution in [0.4, 0.5) is 10.7 Å². The van der Waals surface area contributed by atoms with E-state index in [9.17, 15) is 4.79 Å². The second kappa shape index (κ2) is 8.93. The highest BCUT2D eigenvalue weighted by atomic mass is 32.1. The van der Waals surface area contributed by atoms with Gasteiger partial charge in [0, 0.05) is 12.5 Å². The van der Waals surface area contributed by atoms with Crippen LogP contribution in [0.15, 0.2) is 0 Å². The Morgan fingerprint density at radius 3 is 2.52 bits per heavy atom. The van der Waals surface area contributed by atoms with E-state index >= 15 is 0 Å². The first-order valence-corrected chi connectivity index (χ1v) is 8.66. The van der Waals surface area contributed by atoms with Crippen LogP contribution in [-0.2, 0) is 0 Å². The number of unbranched alkanes of at least 4 members (excludes halogenated alkanes) is 1. The van der Waals surface area contributed by atoms with Crippen molar-refractivity contribution in [3.63, 3.8) is 0 Å². The van der Waals surface area contributed by atoms with Gasteiger partial charge in [-0.3, -0.25) is 4.79 Å². The van der Waals surface area contributed by atoms with Crippen LogP contribution < -0.4 is 15.8 Å². The molecule has 1 rings (SSSR count). The second-order valence-electron chi connectivity index (χ2n) is 5.26. The highest BCUT2D eigenvalue weighted by molar-refractivity contribution is 7.19. The highest BCUT2D eigenvalue weighted by Gasteiger charge is 2.22. The van der Waals surface area contributed by atoms with Gasteiger partial charge in [0.25, 0.3) is 0 Å². The lowest BCUT2D eigenvalue weighted by molar-refractivity contribution is 0.0992. The topological polar surface area (TPSA) is 64.4 Å². The number of nitrogens with one attached hydrogen (secondary N) is 1. The van der Waals surface area contributed by atoms with E-state index in [1.54, 1.807) is 7.11 Å². The van der Waals surface area contributed by atoms with Crippen molar-refractivity contribution in [2.75, 3.05) is 18.2 Å². The van der Waals surface area contributed by atoms with Crippen LogP contribution >= 0.6 is 11.3 Å². The molecule has 0 spiro atoms. The van der Waals surface area contributed by atoms with Gasteiger partial charge in [-0.1, -0.05) is 40.0 Å². The smallest absolute Gasteiger partial charge is 0.176 e. The number of rotatable bonds is 10. The van der Waals surface area contributed by atoms with Crippen molar-refractivity contribution in [2.24, 2.45) is 0 Å². The molecule has 0 aromatic carbocycles. The summed E-state index contributed by atoms with van der Waals surface area (Å²) in [6, 6.07) is 0.409. The van der Waals surface area contributed by atoms with Crippen molar-refractivity contribution in [3.8, 4) is 5.75 Å². The summed E-state index contributed by atoms with van der Waals surface area (Å²) in [6.45, 7) is 6.24. The molecule has 120 valence electrons. The van der Waals surface area contributed by atoms with E-state index in [2.05, 4.69) is 19.2 Å². The first kappa shape index (κ1) is 17.8. The molecule has 5 heteroatoms. The second-order valence-corrected chi connectivity index (χ2v) is 6.28. The Morgan fingerprint density at radius 2 is 2.00 bits per heavy atom. The molecule has 0 radical (unpaired) electrons. The average molecular weight is 312 g/mol. The van der Waals surface area contributed by atoms with Crippen LogP contribution in [0, 0.1) is 0 Å². The third-order valence-electron chi connectivity index (χ3n) is 3.56. The number of anilines is 2. The zero-order valence-electron chi connectivity index (χ0n) is 13.6. The minimum Gasteiger partial charge on any atom is -0.492 e. The van der Waals surface area contributed by atoms with Crippen LogP contribution in [-0.4, -0.2) is 18.9 Å². The molecule has 0 amide bonds. The first-order valence-electron chi connectivity index (χ1n) is 7.84. The van der Waals surface area contributed by atoms with Gasteiger partial charge in [-0.15, -0.1) is 11.3 Å². The van der Waals surface area contributed by atoms with Crippen LogP contribution in [0.3, 0.4) is 0 Å². The van der Waals surface area contributed by atoms with E-state index in [4.69, 9.17) is 10.5 Å². The summed E-state index contributed by atoms with van der Waals surface area (Å²) >= 11 is 1.42.